The summed E-state index contributed by atoms with van der Waals surface area (Å²) in [6.45, 7) is 1.00. The van der Waals surface area contributed by atoms with E-state index >= 15 is 0 Å². The van der Waals surface area contributed by atoms with Crippen molar-refractivity contribution in [2.24, 2.45) is 0 Å². The topological polar surface area (TPSA) is 70.8 Å². The van der Waals surface area contributed by atoms with Gasteiger partial charge in [-0.3, -0.25) is 19.3 Å². The number of amides is 3. The van der Waals surface area contributed by atoms with Crippen molar-refractivity contribution in [2.45, 2.75) is 25.9 Å². The van der Waals surface area contributed by atoms with E-state index in [1.807, 2.05) is 60.7 Å². The summed E-state index contributed by atoms with van der Waals surface area (Å²) in [5.41, 5.74) is 2.08. The molecule has 0 N–H and O–H groups in total. The van der Waals surface area contributed by atoms with Crippen LogP contribution in [0.1, 0.15) is 44.9 Å². The van der Waals surface area contributed by atoms with Crippen LogP contribution in [0.2, 0.25) is 0 Å². The van der Waals surface area contributed by atoms with Crippen LogP contribution in [0.4, 0.5) is 0 Å². The Bertz CT molecular complexity index is 1290. The fraction of sp³-hybridized carbons (Fsp3) is 0.179. The quantitative estimate of drug-likeness (QED) is 0.351. The molecular weight excluding hydrogens is 428 g/mol. The molecule has 1 aliphatic heterocycles. The summed E-state index contributed by atoms with van der Waals surface area (Å²) in [6, 6.07) is 24.4. The van der Waals surface area contributed by atoms with Crippen molar-refractivity contribution in [3.63, 3.8) is 0 Å². The van der Waals surface area contributed by atoms with Gasteiger partial charge in [0, 0.05) is 36.0 Å². The Labute approximate surface area is 197 Å². The molecule has 1 aliphatic rings. The first-order chi connectivity index (χ1) is 16.6. The summed E-state index contributed by atoms with van der Waals surface area (Å²) < 4.78 is 5.45. The molecule has 4 aromatic rings. The minimum absolute atomic E-state index is 0.0559. The summed E-state index contributed by atoms with van der Waals surface area (Å²) in [7, 11) is 0. The second-order valence-electron chi connectivity index (χ2n) is 8.39. The van der Waals surface area contributed by atoms with Crippen molar-refractivity contribution in [1.29, 1.82) is 0 Å². The number of rotatable bonds is 8. The van der Waals surface area contributed by atoms with Crippen LogP contribution in [0.15, 0.2) is 89.5 Å². The number of nitrogens with zero attached hydrogens (tertiary/aromatic N) is 2. The number of imide groups is 1. The minimum Gasteiger partial charge on any atom is -0.467 e. The van der Waals surface area contributed by atoms with Crippen LogP contribution in [0.3, 0.4) is 0 Å². The van der Waals surface area contributed by atoms with Crippen LogP contribution >= 0.6 is 0 Å². The van der Waals surface area contributed by atoms with Crippen molar-refractivity contribution < 1.29 is 18.8 Å². The van der Waals surface area contributed by atoms with Crippen LogP contribution in [0, 0.1) is 0 Å². The van der Waals surface area contributed by atoms with Crippen LogP contribution in [-0.4, -0.2) is 34.1 Å². The molecule has 1 aromatic heterocycles. The highest BCUT2D eigenvalue weighted by Gasteiger charge is 2.32. The average Bonchev–Trinajstić information content (AvgIpc) is 3.38. The molecule has 0 radical (unpaired) electrons. The van der Waals surface area contributed by atoms with Crippen molar-refractivity contribution in [2.75, 3.05) is 6.54 Å². The Hall–Kier alpha value is -4.19. The Morgan fingerprint density at radius 2 is 1.50 bits per heavy atom. The maximum absolute atomic E-state index is 13.1. The lowest BCUT2D eigenvalue weighted by Crippen LogP contribution is -2.41. The van der Waals surface area contributed by atoms with E-state index in [1.165, 1.54) is 4.90 Å². The van der Waals surface area contributed by atoms with Crippen LogP contribution < -0.4 is 0 Å². The van der Waals surface area contributed by atoms with E-state index in [4.69, 9.17) is 4.42 Å². The number of hydrogen-bond donors (Lipinski definition) is 0. The number of carbonyl (C=O) groups excluding carboxylic acids is 3. The molecule has 6 nitrogen and oxygen atoms in total. The monoisotopic (exact) mass is 452 g/mol. The molecule has 0 atom stereocenters. The lowest BCUT2D eigenvalue weighted by atomic mass is 9.94. The van der Waals surface area contributed by atoms with E-state index in [0.717, 1.165) is 10.9 Å². The van der Waals surface area contributed by atoms with Gasteiger partial charge in [0.05, 0.1) is 12.8 Å². The molecular formula is C28H24N2O4. The van der Waals surface area contributed by atoms with Gasteiger partial charge in [-0.05, 0) is 41.6 Å². The first-order valence-electron chi connectivity index (χ1n) is 11.3. The molecule has 0 unspecified atom stereocenters. The predicted molar refractivity (Wildman–Crippen MR) is 128 cm³/mol. The maximum atomic E-state index is 13.1. The van der Waals surface area contributed by atoms with Gasteiger partial charge in [0.25, 0.3) is 11.8 Å². The third-order valence-corrected chi connectivity index (χ3v) is 6.12. The zero-order valence-corrected chi connectivity index (χ0v) is 18.6. The molecule has 0 fully saturated rings. The third-order valence-electron chi connectivity index (χ3n) is 6.12. The van der Waals surface area contributed by atoms with E-state index in [9.17, 15) is 14.4 Å². The number of furan rings is 1. The summed E-state index contributed by atoms with van der Waals surface area (Å²) in [6.07, 6.45) is 2.20. The van der Waals surface area contributed by atoms with Gasteiger partial charge in [-0.1, -0.05) is 54.6 Å². The lowest BCUT2D eigenvalue weighted by molar-refractivity contribution is -0.132. The zero-order valence-electron chi connectivity index (χ0n) is 18.6. The largest absolute Gasteiger partial charge is 0.467 e. The molecule has 6 heteroatoms. The average molecular weight is 453 g/mol. The fourth-order valence-electron chi connectivity index (χ4n) is 4.46. The minimum atomic E-state index is -0.307. The molecule has 0 saturated carbocycles. The lowest BCUT2D eigenvalue weighted by Gasteiger charge is -2.27. The van der Waals surface area contributed by atoms with Crippen molar-refractivity contribution in [1.82, 2.24) is 9.80 Å². The van der Waals surface area contributed by atoms with E-state index < -0.39 is 0 Å². The number of hydrogen-bond acceptors (Lipinski definition) is 4. The van der Waals surface area contributed by atoms with E-state index in [-0.39, 0.29) is 30.7 Å². The van der Waals surface area contributed by atoms with E-state index in [1.54, 1.807) is 29.4 Å². The van der Waals surface area contributed by atoms with Crippen LogP contribution in [0.25, 0.3) is 10.8 Å². The normalized spacial score (nSPS) is 12.9. The number of benzene rings is 3. The molecule has 3 aromatic carbocycles. The zero-order chi connectivity index (χ0) is 23.5. The first kappa shape index (κ1) is 21.6. The van der Waals surface area contributed by atoms with Crippen molar-refractivity contribution in [3.05, 3.63) is 108 Å². The van der Waals surface area contributed by atoms with E-state index in [0.29, 0.717) is 41.8 Å². The summed E-state index contributed by atoms with van der Waals surface area (Å²) >= 11 is 0. The van der Waals surface area contributed by atoms with Gasteiger partial charge in [0.1, 0.15) is 5.76 Å². The highest BCUT2D eigenvalue weighted by molar-refractivity contribution is 6.25. The van der Waals surface area contributed by atoms with Crippen LogP contribution in [-0.2, 0) is 17.9 Å². The third kappa shape index (κ3) is 4.22. The molecule has 170 valence electrons. The highest BCUT2D eigenvalue weighted by atomic mass is 16.3. The van der Waals surface area contributed by atoms with Gasteiger partial charge in [-0.25, -0.2) is 0 Å². The Balaban J connectivity index is 1.28. The molecule has 0 aliphatic carbocycles. The molecule has 2 heterocycles. The smallest absolute Gasteiger partial charge is 0.261 e. The summed E-state index contributed by atoms with van der Waals surface area (Å²) in [4.78, 5) is 42.3. The van der Waals surface area contributed by atoms with Crippen molar-refractivity contribution >= 4 is 28.5 Å². The molecule has 0 saturated heterocycles. The second-order valence-corrected chi connectivity index (χ2v) is 8.39. The van der Waals surface area contributed by atoms with Gasteiger partial charge in [-0.2, -0.15) is 0 Å². The summed E-state index contributed by atoms with van der Waals surface area (Å²) in [5.74, 6) is 0.0342. The Morgan fingerprint density at radius 3 is 2.15 bits per heavy atom. The predicted octanol–water partition coefficient (Wildman–Crippen LogP) is 5.04. The van der Waals surface area contributed by atoms with Gasteiger partial charge >= 0.3 is 0 Å². The molecule has 34 heavy (non-hydrogen) atoms. The number of carbonyl (C=O) groups is 3. The molecule has 0 spiro atoms. The van der Waals surface area contributed by atoms with Crippen molar-refractivity contribution in [3.8, 4) is 0 Å². The van der Waals surface area contributed by atoms with Gasteiger partial charge in [0.2, 0.25) is 5.91 Å². The molecule has 5 rings (SSSR count). The van der Waals surface area contributed by atoms with E-state index in [2.05, 4.69) is 0 Å². The Morgan fingerprint density at radius 1 is 0.794 bits per heavy atom. The van der Waals surface area contributed by atoms with Crippen LogP contribution in [0.5, 0.6) is 0 Å². The fourth-order valence-corrected chi connectivity index (χ4v) is 4.46. The second kappa shape index (κ2) is 9.35. The standard InChI is InChI=1S/C28H24N2O4/c31-25(29(19-22-12-7-17-34-22)18-20-8-2-1-3-9-20)15-6-16-30-27(32)23-13-4-10-21-11-5-14-24(26(21)23)28(30)33/h1-5,7-14,17H,6,15-16,18-19H2. The highest BCUT2D eigenvalue weighted by Crippen LogP contribution is 2.30. The first-order valence-corrected chi connectivity index (χ1v) is 11.3. The molecule has 0 bridgehead atoms. The maximum Gasteiger partial charge on any atom is 0.261 e. The van der Waals surface area contributed by atoms with Gasteiger partial charge in [-0.15, -0.1) is 0 Å². The van der Waals surface area contributed by atoms with Gasteiger partial charge in [0.15, 0.2) is 0 Å². The summed E-state index contributed by atoms with van der Waals surface area (Å²) in [5, 5.41) is 1.58. The van der Waals surface area contributed by atoms with Gasteiger partial charge < -0.3 is 9.32 Å². The Kier molecular flexibility index (Phi) is 5.95. The molecule has 3 amide bonds. The SMILES string of the molecule is O=C(CCCN1C(=O)c2cccc3cccc(c23)C1=O)N(Cc1ccccc1)Cc1ccco1.